The zero-order valence-corrected chi connectivity index (χ0v) is 13.6. The molecule has 0 amide bonds. The van der Waals surface area contributed by atoms with Crippen molar-refractivity contribution in [1.82, 2.24) is 10.2 Å². The molecule has 2 nitrogen and oxygen atoms in total. The molecule has 114 valence electrons. The lowest BCUT2D eigenvalue weighted by Crippen LogP contribution is -2.27. The van der Waals surface area contributed by atoms with Crippen LogP contribution in [0.4, 0.5) is 0 Å². The van der Waals surface area contributed by atoms with Crippen LogP contribution in [0.5, 0.6) is 0 Å². The molecular formula is C17H36N2. The summed E-state index contributed by atoms with van der Waals surface area (Å²) in [6, 6.07) is 0. The molecule has 1 fully saturated rings. The van der Waals surface area contributed by atoms with E-state index in [-0.39, 0.29) is 0 Å². The predicted octanol–water partition coefficient (Wildman–Crippen LogP) is 4.06. The van der Waals surface area contributed by atoms with Crippen LogP contribution >= 0.6 is 0 Å². The normalized spacial score (nSPS) is 19.1. The highest BCUT2D eigenvalue weighted by atomic mass is 15.2. The number of hydrogen-bond donors (Lipinski definition) is 1. The monoisotopic (exact) mass is 268 g/mol. The lowest BCUT2D eigenvalue weighted by atomic mass is 9.82. The third kappa shape index (κ3) is 6.27. The summed E-state index contributed by atoms with van der Waals surface area (Å²) in [6.07, 6.45) is 11.0. The third-order valence-electron chi connectivity index (χ3n) is 5.02. The second-order valence-corrected chi connectivity index (χ2v) is 6.40. The van der Waals surface area contributed by atoms with Gasteiger partial charge in [-0.05, 0) is 70.1 Å². The van der Waals surface area contributed by atoms with Gasteiger partial charge in [0.2, 0.25) is 0 Å². The predicted molar refractivity (Wildman–Crippen MR) is 85.7 cm³/mol. The van der Waals surface area contributed by atoms with Gasteiger partial charge in [0.15, 0.2) is 0 Å². The molecule has 1 aliphatic heterocycles. The van der Waals surface area contributed by atoms with E-state index in [1.807, 2.05) is 0 Å². The molecule has 0 bridgehead atoms. The first-order chi connectivity index (χ1) is 9.26. The average molecular weight is 268 g/mol. The highest BCUT2D eigenvalue weighted by Crippen LogP contribution is 2.36. The molecule has 1 N–H and O–H groups in total. The summed E-state index contributed by atoms with van der Waals surface area (Å²) in [6.45, 7) is 13.4. The van der Waals surface area contributed by atoms with Gasteiger partial charge in [-0.15, -0.1) is 0 Å². The SMILES string of the molecule is CCCNCCCCCCN1CCC(CC)(CC)C1. The fourth-order valence-corrected chi connectivity index (χ4v) is 3.29. The van der Waals surface area contributed by atoms with Gasteiger partial charge in [0.05, 0.1) is 0 Å². The van der Waals surface area contributed by atoms with Gasteiger partial charge in [-0.1, -0.05) is 33.6 Å². The van der Waals surface area contributed by atoms with Crippen molar-refractivity contribution in [2.75, 3.05) is 32.7 Å². The second kappa shape index (κ2) is 9.77. The number of nitrogens with one attached hydrogen (secondary N) is 1. The Balaban J connectivity index is 1.96. The molecule has 0 unspecified atom stereocenters. The van der Waals surface area contributed by atoms with Crippen LogP contribution in [0.15, 0.2) is 0 Å². The van der Waals surface area contributed by atoms with Gasteiger partial charge in [-0.25, -0.2) is 0 Å². The largest absolute Gasteiger partial charge is 0.317 e. The van der Waals surface area contributed by atoms with Crippen molar-refractivity contribution in [3.05, 3.63) is 0 Å². The van der Waals surface area contributed by atoms with Crippen LogP contribution in [0.25, 0.3) is 0 Å². The van der Waals surface area contributed by atoms with Crippen LogP contribution < -0.4 is 5.32 Å². The van der Waals surface area contributed by atoms with Crippen molar-refractivity contribution >= 4 is 0 Å². The van der Waals surface area contributed by atoms with E-state index in [1.165, 1.54) is 84.1 Å². The van der Waals surface area contributed by atoms with Crippen LogP contribution in [0.3, 0.4) is 0 Å². The van der Waals surface area contributed by atoms with E-state index in [2.05, 4.69) is 31.0 Å². The van der Waals surface area contributed by atoms with E-state index in [0.29, 0.717) is 5.41 Å². The molecule has 1 rings (SSSR count). The molecule has 19 heavy (non-hydrogen) atoms. The molecule has 1 saturated heterocycles. The van der Waals surface area contributed by atoms with Gasteiger partial charge in [0.25, 0.3) is 0 Å². The average Bonchev–Trinajstić information content (AvgIpc) is 2.86. The van der Waals surface area contributed by atoms with Crippen molar-refractivity contribution in [3.63, 3.8) is 0 Å². The van der Waals surface area contributed by atoms with Crippen molar-refractivity contribution in [1.29, 1.82) is 0 Å². The van der Waals surface area contributed by atoms with Crippen molar-refractivity contribution in [2.24, 2.45) is 5.41 Å². The van der Waals surface area contributed by atoms with Crippen LogP contribution in [-0.2, 0) is 0 Å². The fourth-order valence-electron chi connectivity index (χ4n) is 3.29. The Kier molecular flexibility index (Phi) is 8.72. The van der Waals surface area contributed by atoms with Crippen molar-refractivity contribution in [3.8, 4) is 0 Å². The first kappa shape index (κ1) is 17.0. The number of likely N-dealkylation sites (tertiary alicyclic amines) is 1. The van der Waals surface area contributed by atoms with Gasteiger partial charge in [0, 0.05) is 6.54 Å². The van der Waals surface area contributed by atoms with E-state index in [0.717, 1.165) is 0 Å². The van der Waals surface area contributed by atoms with Gasteiger partial charge >= 0.3 is 0 Å². The molecule has 0 atom stereocenters. The Hall–Kier alpha value is -0.0800. The molecular weight excluding hydrogens is 232 g/mol. The zero-order valence-electron chi connectivity index (χ0n) is 13.6. The molecule has 1 heterocycles. The Morgan fingerprint density at radius 3 is 2.32 bits per heavy atom. The Labute approximate surface area is 121 Å². The maximum atomic E-state index is 3.48. The Bertz CT molecular complexity index is 211. The van der Waals surface area contributed by atoms with Crippen molar-refractivity contribution < 1.29 is 0 Å². The molecule has 0 spiro atoms. The summed E-state index contributed by atoms with van der Waals surface area (Å²) in [7, 11) is 0. The second-order valence-electron chi connectivity index (χ2n) is 6.40. The van der Waals surface area contributed by atoms with Gasteiger partial charge in [-0.2, -0.15) is 0 Å². The van der Waals surface area contributed by atoms with E-state index >= 15 is 0 Å². The molecule has 0 aromatic heterocycles. The smallest absolute Gasteiger partial charge is 0.00382 e. The quantitative estimate of drug-likeness (QED) is 0.569. The maximum absolute atomic E-state index is 3.48. The number of rotatable bonds is 11. The summed E-state index contributed by atoms with van der Waals surface area (Å²) in [4.78, 5) is 2.71. The summed E-state index contributed by atoms with van der Waals surface area (Å²) in [5, 5.41) is 3.48. The van der Waals surface area contributed by atoms with E-state index in [4.69, 9.17) is 0 Å². The topological polar surface area (TPSA) is 15.3 Å². The van der Waals surface area contributed by atoms with Crippen LogP contribution in [0.2, 0.25) is 0 Å². The lowest BCUT2D eigenvalue weighted by molar-refractivity contribution is 0.237. The zero-order chi connectivity index (χ0) is 14.0. The van der Waals surface area contributed by atoms with Gasteiger partial charge < -0.3 is 10.2 Å². The minimum Gasteiger partial charge on any atom is -0.317 e. The summed E-state index contributed by atoms with van der Waals surface area (Å²) < 4.78 is 0. The molecule has 0 aromatic rings. The van der Waals surface area contributed by atoms with E-state index in [9.17, 15) is 0 Å². The highest BCUT2D eigenvalue weighted by Gasteiger charge is 2.34. The van der Waals surface area contributed by atoms with Crippen molar-refractivity contribution in [2.45, 2.75) is 72.1 Å². The molecule has 0 aliphatic carbocycles. The van der Waals surface area contributed by atoms with Gasteiger partial charge in [0.1, 0.15) is 0 Å². The van der Waals surface area contributed by atoms with Crippen LogP contribution in [0.1, 0.15) is 72.1 Å². The number of nitrogens with zero attached hydrogens (tertiary/aromatic N) is 1. The van der Waals surface area contributed by atoms with E-state index < -0.39 is 0 Å². The first-order valence-corrected chi connectivity index (χ1v) is 8.69. The third-order valence-corrected chi connectivity index (χ3v) is 5.02. The summed E-state index contributed by atoms with van der Waals surface area (Å²) >= 11 is 0. The van der Waals surface area contributed by atoms with Crippen LogP contribution in [0, 0.1) is 5.41 Å². The minimum atomic E-state index is 0.657. The minimum absolute atomic E-state index is 0.657. The standard InChI is InChI=1S/C17H36N2/c1-4-12-18-13-9-7-8-10-14-19-15-11-17(5-2,6-3)16-19/h18H,4-16H2,1-3H3. The Morgan fingerprint density at radius 2 is 1.68 bits per heavy atom. The number of unbranched alkanes of at least 4 members (excludes halogenated alkanes) is 3. The molecule has 0 saturated carbocycles. The summed E-state index contributed by atoms with van der Waals surface area (Å²) in [5.41, 5.74) is 0.657. The maximum Gasteiger partial charge on any atom is 0.00382 e. The van der Waals surface area contributed by atoms with Crippen LogP contribution in [-0.4, -0.2) is 37.6 Å². The van der Waals surface area contributed by atoms with E-state index in [1.54, 1.807) is 0 Å². The number of hydrogen-bond acceptors (Lipinski definition) is 2. The summed E-state index contributed by atoms with van der Waals surface area (Å²) in [5.74, 6) is 0. The molecule has 0 radical (unpaired) electrons. The first-order valence-electron chi connectivity index (χ1n) is 8.69. The lowest BCUT2D eigenvalue weighted by Gasteiger charge is -2.26. The van der Waals surface area contributed by atoms with Gasteiger partial charge in [-0.3, -0.25) is 0 Å². The highest BCUT2D eigenvalue weighted by molar-refractivity contribution is 4.87. The molecule has 1 aliphatic rings. The molecule has 2 heteroatoms. The molecule has 0 aromatic carbocycles. The fraction of sp³-hybridized carbons (Fsp3) is 1.00. The Morgan fingerprint density at radius 1 is 0.947 bits per heavy atom.